The number of nitrogens with one attached hydrogen (secondary N) is 1. The molecule has 0 atom stereocenters. The van der Waals surface area contributed by atoms with E-state index < -0.39 is 17.6 Å². The summed E-state index contributed by atoms with van der Waals surface area (Å²) in [4.78, 5) is 12.9. The van der Waals surface area contributed by atoms with Gasteiger partial charge in [-0.25, -0.2) is 4.68 Å². The van der Waals surface area contributed by atoms with Crippen LogP contribution < -0.4 is 10.1 Å². The molecule has 0 radical (unpaired) electrons. The standard InChI is InChI=1S/C28H30F3N5O2/c1-18-25(19(2)36(33-18)16-20-7-6-8-22(15-20)28(29,30)31)32-26(37)24-13-14-35(34-24)17-38-23-11-9-21(10-12-23)27(3,4)5/h6-15H,16-17H2,1-5H3,(H,32,37). The number of hydrogen-bond donors (Lipinski definition) is 1. The number of ether oxygens (including phenoxy) is 1. The molecule has 2 aromatic carbocycles. The zero-order valence-electron chi connectivity index (χ0n) is 21.9. The maximum absolute atomic E-state index is 13.1. The summed E-state index contributed by atoms with van der Waals surface area (Å²) in [5.74, 6) is 0.266. The smallest absolute Gasteiger partial charge is 0.416 e. The summed E-state index contributed by atoms with van der Waals surface area (Å²) >= 11 is 0. The second-order valence-corrected chi connectivity index (χ2v) is 10.1. The van der Waals surface area contributed by atoms with Crippen molar-refractivity contribution in [3.05, 3.63) is 94.6 Å². The number of nitrogens with zero attached hydrogens (tertiary/aromatic N) is 4. The Hall–Kier alpha value is -4.08. The van der Waals surface area contributed by atoms with Gasteiger partial charge < -0.3 is 10.1 Å². The third kappa shape index (κ3) is 6.24. The van der Waals surface area contributed by atoms with Gasteiger partial charge in [-0.2, -0.15) is 23.4 Å². The fraction of sp³-hybridized carbons (Fsp3) is 0.321. The van der Waals surface area contributed by atoms with Crippen LogP contribution in [0.3, 0.4) is 0 Å². The van der Waals surface area contributed by atoms with Gasteiger partial charge >= 0.3 is 6.18 Å². The quantitative estimate of drug-likeness (QED) is 0.305. The molecule has 10 heteroatoms. The van der Waals surface area contributed by atoms with Crippen LogP contribution in [0.4, 0.5) is 18.9 Å². The normalized spacial score (nSPS) is 12.0. The molecule has 0 aliphatic heterocycles. The molecule has 7 nitrogen and oxygen atoms in total. The van der Waals surface area contributed by atoms with E-state index in [0.29, 0.717) is 28.4 Å². The number of alkyl halides is 3. The lowest BCUT2D eigenvalue weighted by Gasteiger charge is -2.19. The molecule has 1 amide bonds. The second kappa shape index (κ2) is 10.4. The minimum Gasteiger partial charge on any atom is -0.471 e. The SMILES string of the molecule is Cc1nn(Cc2cccc(C(F)(F)F)c2)c(C)c1NC(=O)c1ccn(COc2ccc(C(C)(C)C)cc2)n1. The van der Waals surface area contributed by atoms with Crippen molar-refractivity contribution in [3.8, 4) is 5.75 Å². The predicted octanol–water partition coefficient (Wildman–Crippen LogP) is 6.35. The van der Waals surface area contributed by atoms with E-state index in [2.05, 4.69) is 36.3 Å². The van der Waals surface area contributed by atoms with Crippen LogP contribution in [0, 0.1) is 13.8 Å². The number of amides is 1. The molecule has 0 bridgehead atoms. The molecule has 1 N–H and O–H groups in total. The maximum atomic E-state index is 13.1. The molecule has 0 aliphatic rings. The summed E-state index contributed by atoms with van der Waals surface area (Å²) in [7, 11) is 0. The first-order valence-electron chi connectivity index (χ1n) is 12.1. The first-order valence-corrected chi connectivity index (χ1v) is 12.1. The molecule has 0 spiro atoms. The summed E-state index contributed by atoms with van der Waals surface area (Å²) in [6, 6.07) is 14.5. The first kappa shape index (κ1) is 27.0. The summed E-state index contributed by atoms with van der Waals surface area (Å²) in [5, 5.41) is 11.5. The Morgan fingerprint density at radius 2 is 1.68 bits per heavy atom. The van der Waals surface area contributed by atoms with Crippen molar-refractivity contribution in [1.82, 2.24) is 19.6 Å². The molecule has 200 valence electrons. The minimum absolute atomic E-state index is 0.0498. The summed E-state index contributed by atoms with van der Waals surface area (Å²) < 4.78 is 48.1. The zero-order valence-corrected chi connectivity index (χ0v) is 21.9. The Morgan fingerprint density at radius 1 is 0.974 bits per heavy atom. The third-order valence-electron chi connectivity index (χ3n) is 6.16. The Kier molecular flexibility index (Phi) is 7.35. The Bertz CT molecular complexity index is 1430. The van der Waals surface area contributed by atoms with Crippen molar-refractivity contribution < 1.29 is 22.7 Å². The number of aryl methyl sites for hydroxylation is 1. The number of benzene rings is 2. The lowest BCUT2D eigenvalue weighted by atomic mass is 9.87. The van der Waals surface area contributed by atoms with Gasteiger partial charge in [0.25, 0.3) is 5.91 Å². The summed E-state index contributed by atoms with van der Waals surface area (Å²) in [5.41, 5.74) is 2.84. The Balaban J connectivity index is 1.40. The molecule has 2 heterocycles. The molecule has 4 aromatic rings. The van der Waals surface area contributed by atoms with Gasteiger partial charge in [0, 0.05) is 6.20 Å². The minimum atomic E-state index is -4.42. The summed E-state index contributed by atoms with van der Waals surface area (Å²) in [6.45, 7) is 10.2. The van der Waals surface area contributed by atoms with E-state index in [4.69, 9.17) is 4.74 Å². The van der Waals surface area contributed by atoms with E-state index >= 15 is 0 Å². The number of anilines is 1. The van der Waals surface area contributed by atoms with Crippen LogP contribution in [0.15, 0.2) is 60.8 Å². The fourth-order valence-electron chi connectivity index (χ4n) is 3.97. The first-order chi connectivity index (χ1) is 17.8. The molecule has 0 saturated carbocycles. The molecular formula is C28H30F3N5O2. The number of halogens is 3. The molecule has 0 fully saturated rings. The van der Waals surface area contributed by atoms with Gasteiger partial charge in [-0.15, -0.1) is 0 Å². The highest BCUT2D eigenvalue weighted by Crippen LogP contribution is 2.30. The van der Waals surface area contributed by atoms with Crippen molar-refractivity contribution >= 4 is 11.6 Å². The molecule has 0 unspecified atom stereocenters. The molecule has 0 aliphatic carbocycles. The van der Waals surface area contributed by atoms with Crippen molar-refractivity contribution in [2.45, 2.75) is 59.5 Å². The predicted molar refractivity (Wildman–Crippen MR) is 138 cm³/mol. The number of carbonyl (C=O) groups is 1. The lowest BCUT2D eigenvalue weighted by molar-refractivity contribution is -0.137. The van der Waals surface area contributed by atoms with Crippen LogP contribution in [0.2, 0.25) is 0 Å². The average molecular weight is 526 g/mol. The third-order valence-corrected chi connectivity index (χ3v) is 6.16. The van der Waals surface area contributed by atoms with Gasteiger partial charge in [0.15, 0.2) is 12.4 Å². The van der Waals surface area contributed by atoms with Crippen molar-refractivity contribution in [2.24, 2.45) is 0 Å². The van der Waals surface area contributed by atoms with Crippen LogP contribution in [0.25, 0.3) is 0 Å². The van der Waals surface area contributed by atoms with E-state index in [0.717, 1.165) is 12.1 Å². The van der Waals surface area contributed by atoms with Gasteiger partial charge in [0.2, 0.25) is 0 Å². The van der Waals surface area contributed by atoms with E-state index in [1.807, 2.05) is 24.3 Å². The Morgan fingerprint density at radius 3 is 2.34 bits per heavy atom. The second-order valence-electron chi connectivity index (χ2n) is 10.1. The van der Waals surface area contributed by atoms with Gasteiger partial charge in [-0.3, -0.25) is 9.48 Å². The lowest BCUT2D eigenvalue weighted by Crippen LogP contribution is -2.15. The van der Waals surface area contributed by atoms with Gasteiger partial charge in [-0.05, 0) is 60.7 Å². The molecule has 4 rings (SSSR count). The largest absolute Gasteiger partial charge is 0.471 e. The number of aromatic nitrogens is 4. The van der Waals surface area contributed by atoms with Crippen LogP contribution >= 0.6 is 0 Å². The maximum Gasteiger partial charge on any atom is 0.416 e. The molecule has 38 heavy (non-hydrogen) atoms. The average Bonchev–Trinajstić information content (AvgIpc) is 3.43. The van der Waals surface area contributed by atoms with E-state index in [-0.39, 0.29) is 24.4 Å². The molecule has 0 saturated heterocycles. The molecule has 2 aromatic heterocycles. The molecular weight excluding hydrogens is 495 g/mol. The van der Waals surface area contributed by atoms with Crippen LogP contribution in [-0.2, 0) is 24.9 Å². The van der Waals surface area contributed by atoms with Gasteiger partial charge in [0.05, 0.1) is 29.2 Å². The van der Waals surface area contributed by atoms with E-state index in [1.54, 1.807) is 36.9 Å². The highest BCUT2D eigenvalue weighted by Gasteiger charge is 2.30. The topological polar surface area (TPSA) is 74.0 Å². The van der Waals surface area contributed by atoms with E-state index in [1.165, 1.54) is 16.3 Å². The highest BCUT2D eigenvalue weighted by molar-refractivity contribution is 6.03. The van der Waals surface area contributed by atoms with Crippen molar-refractivity contribution in [2.75, 3.05) is 5.32 Å². The zero-order chi connectivity index (χ0) is 27.7. The monoisotopic (exact) mass is 525 g/mol. The fourth-order valence-corrected chi connectivity index (χ4v) is 3.97. The van der Waals surface area contributed by atoms with Crippen molar-refractivity contribution in [1.29, 1.82) is 0 Å². The van der Waals surface area contributed by atoms with Gasteiger partial charge in [0.1, 0.15) is 5.75 Å². The number of carbonyl (C=O) groups excluding carboxylic acids is 1. The number of hydrogen-bond acceptors (Lipinski definition) is 4. The summed E-state index contributed by atoms with van der Waals surface area (Å²) in [6.07, 6.45) is -2.77. The van der Waals surface area contributed by atoms with Gasteiger partial charge in [-0.1, -0.05) is 45.0 Å². The van der Waals surface area contributed by atoms with Crippen LogP contribution in [0.1, 0.15) is 59.3 Å². The van der Waals surface area contributed by atoms with Crippen molar-refractivity contribution in [3.63, 3.8) is 0 Å². The van der Waals surface area contributed by atoms with Crippen LogP contribution in [0.5, 0.6) is 5.75 Å². The van der Waals surface area contributed by atoms with Crippen LogP contribution in [-0.4, -0.2) is 25.5 Å². The Labute approximate surface area is 219 Å². The number of rotatable bonds is 7. The highest BCUT2D eigenvalue weighted by atomic mass is 19.4. The van der Waals surface area contributed by atoms with E-state index in [9.17, 15) is 18.0 Å².